The topological polar surface area (TPSA) is 48.4 Å². The zero-order chi connectivity index (χ0) is 13.2. The number of hydrogen-bond acceptors (Lipinski definition) is 4. The molecule has 0 radical (unpaired) electrons. The van der Waals surface area contributed by atoms with Gasteiger partial charge in [0.25, 0.3) is 0 Å². The molecule has 0 aromatic carbocycles. The molecule has 1 aromatic rings. The minimum absolute atomic E-state index is 0.569. The number of nitrogens with zero attached hydrogens (tertiary/aromatic N) is 2. The molecule has 1 fully saturated rings. The molecule has 1 aliphatic carbocycles. The maximum absolute atomic E-state index is 9.78. The Bertz CT molecular complexity index is 379. The minimum Gasteiger partial charge on any atom is -0.389 e. The number of nitrogens with one attached hydrogen (secondary N) is 1. The van der Waals surface area contributed by atoms with E-state index in [1.807, 2.05) is 24.2 Å². The maximum Gasteiger partial charge on any atom is 0.128 e. The van der Waals surface area contributed by atoms with Crippen LogP contribution >= 0.6 is 0 Å². The highest BCUT2D eigenvalue weighted by atomic mass is 16.3. The van der Waals surface area contributed by atoms with Crippen LogP contribution in [0.5, 0.6) is 0 Å². The van der Waals surface area contributed by atoms with Gasteiger partial charge in [0.15, 0.2) is 0 Å². The quantitative estimate of drug-likeness (QED) is 0.803. The number of hydrogen-bond donors (Lipinski definition) is 2. The number of pyridine rings is 1. The Morgan fingerprint density at radius 3 is 2.67 bits per heavy atom. The van der Waals surface area contributed by atoms with E-state index < -0.39 is 5.60 Å². The van der Waals surface area contributed by atoms with Gasteiger partial charge in [-0.3, -0.25) is 0 Å². The molecule has 0 aliphatic heterocycles. The Kier molecular flexibility index (Phi) is 3.88. The summed E-state index contributed by atoms with van der Waals surface area (Å²) in [5.74, 6) is 0.896. The van der Waals surface area contributed by atoms with E-state index in [9.17, 15) is 5.11 Å². The van der Waals surface area contributed by atoms with Gasteiger partial charge in [-0.05, 0) is 38.3 Å². The summed E-state index contributed by atoms with van der Waals surface area (Å²) in [5, 5.41) is 13.2. The maximum atomic E-state index is 9.78. The van der Waals surface area contributed by atoms with Crippen molar-refractivity contribution in [3.8, 4) is 0 Å². The fourth-order valence-corrected chi connectivity index (χ4v) is 1.96. The van der Waals surface area contributed by atoms with Crippen molar-refractivity contribution >= 4 is 5.82 Å². The van der Waals surface area contributed by atoms with Crippen LogP contribution < -0.4 is 10.2 Å². The van der Waals surface area contributed by atoms with Crippen LogP contribution in [0.1, 0.15) is 32.3 Å². The molecule has 1 saturated carbocycles. The van der Waals surface area contributed by atoms with Crippen LogP contribution in [-0.4, -0.2) is 35.3 Å². The first-order valence-corrected chi connectivity index (χ1v) is 6.56. The van der Waals surface area contributed by atoms with Gasteiger partial charge in [-0.2, -0.15) is 0 Å². The first-order valence-electron chi connectivity index (χ1n) is 6.56. The fraction of sp³-hybridized carbons (Fsp3) is 0.643. The van der Waals surface area contributed by atoms with Crippen molar-refractivity contribution in [1.29, 1.82) is 0 Å². The molecule has 4 nitrogen and oxygen atoms in total. The molecule has 1 aliphatic rings. The summed E-state index contributed by atoms with van der Waals surface area (Å²) in [7, 11) is 1.95. The third-order valence-electron chi connectivity index (χ3n) is 3.00. The van der Waals surface area contributed by atoms with Gasteiger partial charge in [-0.15, -0.1) is 0 Å². The second-order valence-electron chi connectivity index (χ2n) is 5.85. The Balaban J connectivity index is 1.89. The van der Waals surface area contributed by atoms with Crippen LogP contribution in [-0.2, 0) is 6.54 Å². The normalized spacial score (nSPS) is 15.8. The number of likely N-dealkylation sites (N-methyl/N-ethyl adjacent to an activating group) is 1. The largest absolute Gasteiger partial charge is 0.389 e. The van der Waals surface area contributed by atoms with E-state index in [-0.39, 0.29) is 0 Å². The molecule has 1 aromatic heterocycles. The van der Waals surface area contributed by atoms with Crippen molar-refractivity contribution in [3.05, 3.63) is 23.9 Å². The molecule has 1 heterocycles. The molecule has 0 spiro atoms. The minimum atomic E-state index is -0.706. The van der Waals surface area contributed by atoms with Crippen molar-refractivity contribution in [3.63, 3.8) is 0 Å². The molecule has 0 unspecified atom stereocenters. The Labute approximate surface area is 109 Å². The van der Waals surface area contributed by atoms with Crippen LogP contribution in [0.25, 0.3) is 0 Å². The van der Waals surface area contributed by atoms with Crippen LogP contribution in [0.3, 0.4) is 0 Å². The van der Waals surface area contributed by atoms with Crippen LogP contribution in [0.4, 0.5) is 5.82 Å². The number of aromatic nitrogens is 1. The number of anilines is 1. The lowest BCUT2D eigenvalue weighted by atomic mass is 10.1. The van der Waals surface area contributed by atoms with Gasteiger partial charge in [0, 0.05) is 32.4 Å². The molecule has 0 amide bonds. The molecule has 2 N–H and O–H groups in total. The van der Waals surface area contributed by atoms with Gasteiger partial charge in [-0.1, -0.05) is 6.07 Å². The van der Waals surface area contributed by atoms with Gasteiger partial charge < -0.3 is 15.3 Å². The smallest absolute Gasteiger partial charge is 0.128 e. The predicted molar refractivity (Wildman–Crippen MR) is 73.7 cm³/mol. The average Bonchev–Trinajstić information content (AvgIpc) is 3.08. The van der Waals surface area contributed by atoms with Gasteiger partial charge in [0.1, 0.15) is 5.82 Å². The third-order valence-corrected chi connectivity index (χ3v) is 3.00. The number of aliphatic hydroxyl groups is 1. The monoisotopic (exact) mass is 249 g/mol. The average molecular weight is 249 g/mol. The molecular weight excluding hydrogens is 226 g/mol. The lowest BCUT2D eigenvalue weighted by molar-refractivity contribution is 0.0884. The molecule has 2 rings (SSSR count). The second kappa shape index (κ2) is 5.24. The van der Waals surface area contributed by atoms with E-state index in [1.165, 1.54) is 18.4 Å². The van der Waals surface area contributed by atoms with Crippen LogP contribution in [0.15, 0.2) is 18.3 Å². The van der Waals surface area contributed by atoms with Gasteiger partial charge in [-0.25, -0.2) is 4.98 Å². The summed E-state index contributed by atoms with van der Waals surface area (Å²) in [6.07, 6.45) is 4.52. The highest BCUT2D eigenvalue weighted by Crippen LogP contribution is 2.19. The second-order valence-corrected chi connectivity index (χ2v) is 5.85. The van der Waals surface area contributed by atoms with E-state index in [0.717, 1.165) is 18.4 Å². The first kappa shape index (κ1) is 13.3. The Morgan fingerprint density at radius 1 is 1.44 bits per heavy atom. The summed E-state index contributed by atoms with van der Waals surface area (Å²) < 4.78 is 0. The molecule has 0 atom stereocenters. The Morgan fingerprint density at radius 2 is 2.17 bits per heavy atom. The molecule has 4 heteroatoms. The first-order chi connectivity index (χ1) is 8.44. The molecule has 100 valence electrons. The highest BCUT2D eigenvalue weighted by molar-refractivity contribution is 5.38. The Hall–Kier alpha value is -1.13. The molecule has 0 bridgehead atoms. The molecule has 0 saturated heterocycles. The zero-order valence-electron chi connectivity index (χ0n) is 11.5. The SMILES string of the molecule is CN(CC(C)(C)O)c1ccc(CNC2CC2)cn1. The summed E-state index contributed by atoms with van der Waals surface area (Å²) in [4.78, 5) is 6.41. The van der Waals surface area contributed by atoms with Crippen molar-refractivity contribution in [2.45, 2.75) is 44.9 Å². The van der Waals surface area contributed by atoms with Crippen molar-refractivity contribution in [2.24, 2.45) is 0 Å². The van der Waals surface area contributed by atoms with Gasteiger partial charge >= 0.3 is 0 Å². The molecule has 18 heavy (non-hydrogen) atoms. The fourth-order valence-electron chi connectivity index (χ4n) is 1.96. The summed E-state index contributed by atoms with van der Waals surface area (Å²) >= 11 is 0. The summed E-state index contributed by atoms with van der Waals surface area (Å²) in [6.45, 7) is 5.07. The van der Waals surface area contributed by atoms with E-state index in [4.69, 9.17) is 0 Å². The van der Waals surface area contributed by atoms with Crippen molar-refractivity contribution in [2.75, 3.05) is 18.5 Å². The summed E-state index contributed by atoms with van der Waals surface area (Å²) in [5.41, 5.74) is 0.505. The summed E-state index contributed by atoms with van der Waals surface area (Å²) in [6, 6.07) is 4.83. The van der Waals surface area contributed by atoms with E-state index in [1.54, 1.807) is 13.8 Å². The van der Waals surface area contributed by atoms with Crippen LogP contribution in [0, 0.1) is 0 Å². The van der Waals surface area contributed by atoms with Gasteiger partial charge in [0.2, 0.25) is 0 Å². The lowest BCUT2D eigenvalue weighted by Crippen LogP contribution is -2.36. The standard InChI is InChI=1S/C14H23N3O/c1-14(2,18)10-17(3)13-7-4-11(9-16-13)8-15-12-5-6-12/h4,7,9,12,15,18H,5-6,8,10H2,1-3H3. The molecular formula is C14H23N3O. The third kappa shape index (κ3) is 4.27. The van der Waals surface area contributed by atoms with Crippen molar-refractivity contribution in [1.82, 2.24) is 10.3 Å². The predicted octanol–water partition coefficient (Wildman–Crippen LogP) is 1.54. The van der Waals surface area contributed by atoms with Gasteiger partial charge in [0.05, 0.1) is 5.60 Å². The van der Waals surface area contributed by atoms with Crippen molar-refractivity contribution < 1.29 is 5.11 Å². The van der Waals surface area contributed by atoms with E-state index >= 15 is 0 Å². The highest BCUT2D eigenvalue weighted by Gasteiger charge is 2.20. The van der Waals surface area contributed by atoms with E-state index in [2.05, 4.69) is 16.4 Å². The lowest BCUT2D eigenvalue weighted by Gasteiger charge is -2.26. The zero-order valence-corrected chi connectivity index (χ0v) is 11.5. The number of rotatable bonds is 6. The van der Waals surface area contributed by atoms with E-state index in [0.29, 0.717) is 6.54 Å². The van der Waals surface area contributed by atoms with Crippen LogP contribution in [0.2, 0.25) is 0 Å².